The van der Waals surface area contributed by atoms with E-state index in [1.165, 1.54) is 6.07 Å². The van der Waals surface area contributed by atoms with Crippen molar-refractivity contribution in [3.05, 3.63) is 34.1 Å². The van der Waals surface area contributed by atoms with Crippen LogP contribution in [-0.4, -0.2) is 42.4 Å². The van der Waals surface area contributed by atoms with Crippen LogP contribution in [0.3, 0.4) is 0 Å². The first kappa shape index (κ1) is 18.7. The Labute approximate surface area is 150 Å². The number of hydrogen-bond acceptors (Lipinski definition) is 2. The molecule has 1 aliphatic rings. The van der Waals surface area contributed by atoms with Crippen LogP contribution in [0.5, 0.6) is 0 Å². The molecule has 2 N–H and O–H groups in total. The first-order chi connectivity index (χ1) is 11.5. The minimum Gasteiger partial charge on any atom is -0.357 e. The lowest BCUT2D eigenvalue weighted by Gasteiger charge is -2.18. The fourth-order valence-corrected chi connectivity index (χ4v) is 3.08. The summed E-state index contributed by atoms with van der Waals surface area (Å²) >= 11 is 3.35. The monoisotopic (exact) mass is 398 g/mol. The van der Waals surface area contributed by atoms with Gasteiger partial charge in [-0.05, 0) is 31.5 Å². The van der Waals surface area contributed by atoms with E-state index in [2.05, 4.69) is 31.6 Å². The number of amides is 1. The van der Waals surface area contributed by atoms with Crippen LogP contribution in [-0.2, 0) is 11.3 Å². The zero-order chi connectivity index (χ0) is 17.5. The van der Waals surface area contributed by atoms with Crippen molar-refractivity contribution in [3.8, 4) is 0 Å². The van der Waals surface area contributed by atoms with E-state index in [0.717, 1.165) is 24.0 Å². The number of nitrogens with one attached hydrogen (secondary N) is 2. The van der Waals surface area contributed by atoms with Gasteiger partial charge in [0.25, 0.3) is 0 Å². The van der Waals surface area contributed by atoms with Crippen LogP contribution in [0.25, 0.3) is 0 Å². The molecule has 0 aliphatic carbocycles. The fourth-order valence-electron chi connectivity index (χ4n) is 2.67. The summed E-state index contributed by atoms with van der Waals surface area (Å²) < 4.78 is 14.6. The maximum atomic E-state index is 13.8. The molecule has 1 atom stereocenters. The van der Waals surface area contributed by atoms with E-state index in [1.54, 1.807) is 12.1 Å². The first-order valence-electron chi connectivity index (χ1n) is 8.30. The molecular formula is C17H24BrFN4O. The molecule has 0 bridgehead atoms. The number of benzene rings is 1. The first-order valence-corrected chi connectivity index (χ1v) is 9.09. The second-order valence-electron chi connectivity index (χ2n) is 5.75. The highest BCUT2D eigenvalue weighted by molar-refractivity contribution is 9.10. The van der Waals surface area contributed by atoms with Crippen LogP contribution in [0.2, 0.25) is 0 Å². The van der Waals surface area contributed by atoms with E-state index in [9.17, 15) is 9.18 Å². The molecule has 1 heterocycles. The van der Waals surface area contributed by atoms with Gasteiger partial charge >= 0.3 is 0 Å². The molecule has 0 aromatic heterocycles. The average Bonchev–Trinajstić information content (AvgIpc) is 3.03. The van der Waals surface area contributed by atoms with Crippen molar-refractivity contribution < 1.29 is 9.18 Å². The summed E-state index contributed by atoms with van der Waals surface area (Å²) in [6, 6.07) is 5.01. The summed E-state index contributed by atoms with van der Waals surface area (Å²) in [7, 11) is 0. The number of carbonyl (C=O) groups is 1. The van der Waals surface area contributed by atoms with E-state index in [4.69, 9.17) is 0 Å². The van der Waals surface area contributed by atoms with Crippen molar-refractivity contribution >= 4 is 27.8 Å². The minimum atomic E-state index is -0.265. The van der Waals surface area contributed by atoms with Gasteiger partial charge < -0.3 is 15.5 Å². The molecule has 132 valence electrons. The summed E-state index contributed by atoms with van der Waals surface area (Å²) in [6.07, 6.45) is 1.42. The molecule has 0 saturated carbocycles. The number of likely N-dealkylation sites (tertiary alicyclic amines) is 1. The number of guanidine groups is 1. The molecule has 24 heavy (non-hydrogen) atoms. The normalized spacial score (nSPS) is 17.9. The van der Waals surface area contributed by atoms with Crippen LogP contribution in [0.1, 0.15) is 32.3 Å². The van der Waals surface area contributed by atoms with Gasteiger partial charge in [0, 0.05) is 42.1 Å². The van der Waals surface area contributed by atoms with Gasteiger partial charge in [0.05, 0.1) is 6.54 Å². The number of carbonyl (C=O) groups excluding carboxylic acids is 1. The molecule has 1 aliphatic heterocycles. The topological polar surface area (TPSA) is 56.7 Å². The van der Waals surface area contributed by atoms with E-state index in [0.29, 0.717) is 24.5 Å². The lowest BCUT2D eigenvalue weighted by Crippen LogP contribution is -2.45. The second kappa shape index (κ2) is 9.01. The van der Waals surface area contributed by atoms with Gasteiger partial charge in [0.1, 0.15) is 5.82 Å². The number of halogens is 2. The van der Waals surface area contributed by atoms with Crippen LogP contribution in [0.4, 0.5) is 4.39 Å². The molecule has 1 fully saturated rings. The number of rotatable bonds is 5. The summed E-state index contributed by atoms with van der Waals surface area (Å²) in [5, 5.41) is 6.51. The maximum Gasteiger partial charge on any atom is 0.222 e. The molecule has 0 radical (unpaired) electrons. The van der Waals surface area contributed by atoms with Gasteiger partial charge in [-0.25, -0.2) is 9.38 Å². The van der Waals surface area contributed by atoms with Crippen molar-refractivity contribution in [2.45, 2.75) is 39.3 Å². The van der Waals surface area contributed by atoms with Gasteiger partial charge in [-0.1, -0.05) is 22.9 Å². The number of hydrogen-bond donors (Lipinski definition) is 2. The van der Waals surface area contributed by atoms with Crippen molar-refractivity contribution in [3.63, 3.8) is 0 Å². The van der Waals surface area contributed by atoms with Gasteiger partial charge in [-0.15, -0.1) is 0 Å². The molecule has 0 spiro atoms. The van der Waals surface area contributed by atoms with Gasteiger partial charge in [0.2, 0.25) is 5.91 Å². The van der Waals surface area contributed by atoms with E-state index in [1.807, 2.05) is 18.7 Å². The predicted molar refractivity (Wildman–Crippen MR) is 97.3 cm³/mol. The van der Waals surface area contributed by atoms with Crippen LogP contribution in [0.15, 0.2) is 27.7 Å². The Morgan fingerprint density at radius 3 is 2.96 bits per heavy atom. The van der Waals surface area contributed by atoms with E-state index < -0.39 is 0 Å². The van der Waals surface area contributed by atoms with Crippen LogP contribution >= 0.6 is 15.9 Å². The summed E-state index contributed by atoms with van der Waals surface area (Å²) in [4.78, 5) is 18.1. The zero-order valence-electron chi connectivity index (χ0n) is 14.1. The molecule has 7 heteroatoms. The molecule has 5 nitrogen and oxygen atoms in total. The summed E-state index contributed by atoms with van der Waals surface area (Å²) in [5.74, 6) is 0.559. The van der Waals surface area contributed by atoms with Gasteiger partial charge in [-0.3, -0.25) is 4.79 Å². The third-order valence-electron chi connectivity index (χ3n) is 3.94. The van der Waals surface area contributed by atoms with Crippen LogP contribution < -0.4 is 10.6 Å². The Balaban J connectivity index is 1.99. The highest BCUT2D eigenvalue weighted by atomic mass is 79.9. The van der Waals surface area contributed by atoms with Crippen LogP contribution in [0, 0.1) is 5.82 Å². The van der Waals surface area contributed by atoms with Gasteiger partial charge in [0.15, 0.2) is 5.96 Å². The maximum absolute atomic E-state index is 13.8. The Hall–Kier alpha value is -1.63. The van der Waals surface area contributed by atoms with Crippen molar-refractivity contribution in [2.24, 2.45) is 4.99 Å². The molecular weight excluding hydrogens is 375 g/mol. The van der Waals surface area contributed by atoms with Crippen molar-refractivity contribution in [1.29, 1.82) is 0 Å². The Bertz CT molecular complexity index is 608. The lowest BCUT2D eigenvalue weighted by atomic mass is 10.2. The molecule has 2 rings (SSSR count). The Kier molecular flexibility index (Phi) is 7.02. The zero-order valence-corrected chi connectivity index (χ0v) is 15.7. The molecule has 1 aromatic rings. The minimum absolute atomic E-state index is 0.172. The third kappa shape index (κ3) is 5.19. The SMILES string of the molecule is CCNC(=NCc1cc(Br)ccc1F)NC1CCN(C(=O)CC)C1. The van der Waals surface area contributed by atoms with E-state index >= 15 is 0 Å². The van der Waals surface area contributed by atoms with E-state index in [-0.39, 0.29) is 24.3 Å². The fraction of sp³-hybridized carbons (Fsp3) is 0.529. The molecule has 1 amide bonds. The quantitative estimate of drug-likeness (QED) is 0.591. The predicted octanol–water partition coefficient (Wildman–Crippen LogP) is 2.65. The highest BCUT2D eigenvalue weighted by Gasteiger charge is 2.25. The summed E-state index contributed by atoms with van der Waals surface area (Å²) in [5.41, 5.74) is 0.538. The Morgan fingerprint density at radius 2 is 2.25 bits per heavy atom. The smallest absolute Gasteiger partial charge is 0.222 e. The van der Waals surface area contributed by atoms with Gasteiger partial charge in [-0.2, -0.15) is 0 Å². The Morgan fingerprint density at radius 1 is 1.46 bits per heavy atom. The van der Waals surface area contributed by atoms with Crippen molar-refractivity contribution in [2.75, 3.05) is 19.6 Å². The third-order valence-corrected chi connectivity index (χ3v) is 4.44. The largest absolute Gasteiger partial charge is 0.357 e. The summed E-state index contributed by atoms with van der Waals surface area (Å²) in [6.45, 7) is 6.29. The molecule has 1 unspecified atom stereocenters. The number of nitrogens with zero attached hydrogens (tertiary/aromatic N) is 2. The lowest BCUT2D eigenvalue weighted by molar-refractivity contribution is -0.129. The average molecular weight is 399 g/mol. The number of aliphatic imine (C=N–C) groups is 1. The molecule has 1 saturated heterocycles. The highest BCUT2D eigenvalue weighted by Crippen LogP contribution is 2.16. The molecule has 1 aromatic carbocycles. The van der Waals surface area contributed by atoms with Crippen molar-refractivity contribution in [1.82, 2.24) is 15.5 Å². The second-order valence-corrected chi connectivity index (χ2v) is 6.67. The standard InChI is InChI=1S/C17H24BrFN4O/c1-3-16(24)23-8-7-14(11-23)22-17(20-4-2)21-10-12-9-13(18)5-6-15(12)19/h5-6,9,14H,3-4,7-8,10-11H2,1-2H3,(H2,20,21,22).